The Morgan fingerprint density at radius 3 is 2.71 bits per heavy atom. The Bertz CT molecular complexity index is 899. The van der Waals surface area contributed by atoms with Gasteiger partial charge < -0.3 is 19.0 Å². The summed E-state index contributed by atoms with van der Waals surface area (Å²) in [5.74, 6) is -0.454. The maximum Gasteiger partial charge on any atom is 0.325 e. The van der Waals surface area contributed by atoms with Crippen molar-refractivity contribution in [1.29, 1.82) is 0 Å². The van der Waals surface area contributed by atoms with Crippen LogP contribution in [0.4, 0.5) is 4.79 Å². The molecule has 0 spiro atoms. The van der Waals surface area contributed by atoms with Crippen LogP contribution in [0.25, 0.3) is 0 Å². The monoisotopic (exact) mass is 387 g/mol. The molecule has 8 heteroatoms. The second kappa shape index (κ2) is 7.63. The van der Waals surface area contributed by atoms with Gasteiger partial charge >= 0.3 is 6.03 Å². The van der Waals surface area contributed by atoms with Gasteiger partial charge in [-0.25, -0.2) is 4.79 Å². The summed E-state index contributed by atoms with van der Waals surface area (Å²) in [5.41, 5.74) is 0.980. The van der Waals surface area contributed by atoms with Crippen molar-refractivity contribution in [3.8, 4) is 0 Å². The van der Waals surface area contributed by atoms with E-state index in [1.54, 1.807) is 32.2 Å². The second-order valence-corrected chi connectivity index (χ2v) is 7.13. The molecule has 3 heterocycles. The van der Waals surface area contributed by atoms with Crippen LogP contribution in [-0.4, -0.2) is 47.4 Å². The molecule has 0 aliphatic carbocycles. The third kappa shape index (κ3) is 3.35. The van der Waals surface area contributed by atoms with Crippen molar-refractivity contribution >= 4 is 17.7 Å². The number of urea groups is 1. The van der Waals surface area contributed by atoms with E-state index in [0.29, 0.717) is 17.9 Å². The van der Waals surface area contributed by atoms with Crippen molar-refractivity contribution in [2.24, 2.45) is 0 Å². The van der Waals surface area contributed by atoms with Crippen LogP contribution in [0.5, 0.6) is 0 Å². The predicted molar refractivity (Wildman–Crippen MR) is 101 cm³/mol. The first-order valence-electron chi connectivity index (χ1n) is 9.16. The van der Waals surface area contributed by atoms with Crippen molar-refractivity contribution in [2.45, 2.75) is 39.3 Å². The zero-order valence-electron chi connectivity index (χ0n) is 16.6. The van der Waals surface area contributed by atoms with Crippen molar-refractivity contribution in [1.82, 2.24) is 14.8 Å². The van der Waals surface area contributed by atoms with Gasteiger partial charge in [-0.05, 0) is 45.4 Å². The van der Waals surface area contributed by atoms with Crippen LogP contribution in [0.1, 0.15) is 40.9 Å². The largest absolute Gasteiger partial charge is 0.466 e. The van der Waals surface area contributed by atoms with Gasteiger partial charge in [0.15, 0.2) is 11.3 Å². The molecule has 3 rings (SSSR count). The van der Waals surface area contributed by atoms with Gasteiger partial charge in [-0.3, -0.25) is 14.5 Å². The smallest absolute Gasteiger partial charge is 0.325 e. The molecule has 0 bridgehead atoms. The summed E-state index contributed by atoms with van der Waals surface area (Å²) in [7, 11) is 1.65. The number of nitrogens with one attached hydrogen (secondary N) is 1. The molecule has 0 aromatic carbocycles. The van der Waals surface area contributed by atoms with E-state index >= 15 is 0 Å². The minimum absolute atomic E-state index is 0.279. The van der Waals surface area contributed by atoms with Gasteiger partial charge in [0.1, 0.15) is 5.76 Å². The summed E-state index contributed by atoms with van der Waals surface area (Å²) >= 11 is 0. The predicted octanol–water partition coefficient (Wildman–Crippen LogP) is 2.38. The fraction of sp³-hybridized carbons (Fsp3) is 0.450. The minimum Gasteiger partial charge on any atom is -0.466 e. The number of amides is 3. The maximum absolute atomic E-state index is 12.9. The highest BCUT2D eigenvalue weighted by Gasteiger charge is 2.51. The third-order valence-corrected chi connectivity index (χ3v) is 5.19. The lowest BCUT2D eigenvalue weighted by Gasteiger charge is -2.18. The molecule has 3 amide bonds. The van der Waals surface area contributed by atoms with Gasteiger partial charge in [-0.2, -0.15) is 0 Å². The van der Waals surface area contributed by atoms with E-state index in [1.165, 1.54) is 6.26 Å². The zero-order chi connectivity index (χ0) is 20.5. The lowest BCUT2D eigenvalue weighted by Crippen LogP contribution is -2.41. The van der Waals surface area contributed by atoms with E-state index in [0.717, 1.165) is 29.3 Å². The average Bonchev–Trinajstić information content (AvgIpc) is 3.33. The normalized spacial score (nSPS) is 19.4. The van der Waals surface area contributed by atoms with E-state index in [4.69, 9.17) is 9.15 Å². The summed E-state index contributed by atoms with van der Waals surface area (Å²) in [5, 5.41) is 2.63. The molecule has 2 aromatic rings. The number of aromatic nitrogens is 1. The first-order chi connectivity index (χ1) is 13.3. The molecule has 0 saturated carbocycles. The molecule has 28 heavy (non-hydrogen) atoms. The highest BCUT2D eigenvalue weighted by Crippen LogP contribution is 2.29. The number of rotatable bonds is 8. The van der Waals surface area contributed by atoms with E-state index in [1.807, 2.05) is 18.4 Å². The Balaban J connectivity index is 1.77. The first kappa shape index (κ1) is 19.9. The summed E-state index contributed by atoms with van der Waals surface area (Å²) < 4.78 is 12.4. The molecule has 150 valence electrons. The number of ether oxygens (including phenoxy) is 1. The molecule has 1 N–H and O–H groups in total. The number of nitrogens with zero attached hydrogens (tertiary/aromatic N) is 2. The molecule has 1 aliphatic heterocycles. The topological polar surface area (TPSA) is 93.8 Å². The Hall–Kier alpha value is -2.87. The van der Waals surface area contributed by atoms with E-state index in [-0.39, 0.29) is 12.3 Å². The zero-order valence-corrected chi connectivity index (χ0v) is 16.6. The van der Waals surface area contributed by atoms with Gasteiger partial charge in [0, 0.05) is 37.2 Å². The molecular weight excluding hydrogens is 362 g/mol. The summed E-state index contributed by atoms with van der Waals surface area (Å²) in [4.78, 5) is 39.0. The van der Waals surface area contributed by atoms with Crippen molar-refractivity contribution < 1.29 is 23.5 Å². The number of hydrogen-bond donors (Lipinski definition) is 1. The Kier molecular flexibility index (Phi) is 5.42. The quantitative estimate of drug-likeness (QED) is 0.426. The standard InChI is InChI=1S/C20H25N3O5/c1-13-11-15(14(2)22(13)8-6-9-27-4)16(24)12-23-18(25)20(3,21-19(23)26)17-7-5-10-28-17/h5,7,10-11H,6,8-9,12H2,1-4H3,(H,21,26). The number of hydrogen-bond acceptors (Lipinski definition) is 5. The number of Topliss-reactive ketones (excluding diaryl/α,β-unsaturated/α-hetero) is 1. The van der Waals surface area contributed by atoms with E-state index in [2.05, 4.69) is 5.32 Å². The second-order valence-electron chi connectivity index (χ2n) is 7.13. The lowest BCUT2D eigenvalue weighted by molar-refractivity contribution is -0.131. The number of carbonyl (C=O) groups is 3. The van der Waals surface area contributed by atoms with Crippen LogP contribution in [0.2, 0.25) is 0 Å². The third-order valence-electron chi connectivity index (χ3n) is 5.19. The number of imide groups is 1. The number of aryl methyl sites for hydroxylation is 1. The van der Waals surface area contributed by atoms with Gasteiger partial charge in [0.05, 0.1) is 12.8 Å². The average molecular weight is 387 g/mol. The highest BCUT2D eigenvalue weighted by atomic mass is 16.5. The van der Waals surface area contributed by atoms with Gasteiger partial charge in [-0.1, -0.05) is 0 Å². The molecule has 8 nitrogen and oxygen atoms in total. The fourth-order valence-corrected chi connectivity index (χ4v) is 3.59. The Morgan fingerprint density at radius 1 is 1.32 bits per heavy atom. The molecule has 1 unspecified atom stereocenters. The fourth-order valence-electron chi connectivity index (χ4n) is 3.59. The number of furan rings is 1. The first-order valence-corrected chi connectivity index (χ1v) is 9.16. The Morgan fingerprint density at radius 2 is 2.07 bits per heavy atom. The molecule has 1 aliphatic rings. The number of ketones is 1. The maximum atomic E-state index is 12.9. The number of carbonyl (C=O) groups excluding carboxylic acids is 3. The molecule has 1 saturated heterocycles. The summed E-state index contributed by atoms with van der Waals surface area (Å²) in [6, 6.07) is 4.46. The van der Waals surface area contributed by atoms with Crippen molar-refractivity contribution in [3.05, 3.63) is 47.2 Å². The lowest BCUT2D eigenvalue weighted by atomic mass is 9.99. The number of methoxy groups -OCH3 is 1. The van der Waals surface area contributed by atoms with Crippen LogP contribution < -0.4 is 5.32 Å². The minimum atomic E-state index is -1.31. The van der Waals surface area contributed by atoms with Crippen LogP contribution in [-0.2, 0) is 21.6 Å². The SMILES string of the molecule is COCCCn1c(C)cc(C(=O)CN2C(=O)NC(C)(c3ccco3)C2=O)c1C. The molecule has 1 fully saturated rings. The van der Waals surface area contributed by atoms with Crippen molar-refractivity contribution in [3.63, 3.8) is 0 Å². The molecular formula is C20H25N3O5. The van der Waals surface area contributed by atoms with Crippen LogP contribution in [0, 0.1) is 13.8 Å². The summed E-state index contributed by atoms with van der Waals surface area (Å²) in [6.45, 7) is 6.42. The van der Waals surface area contributed by atoms with Crippen molar-refractivity contribution in [2.75, 3.05) is 20.3 Å². The van der Waals surface area contributed by atoms with E-state index in [9.17, 15) is 14.4 Å². The summed E-state index contributed by atoms with van der Waals surface area (Å²) in [6.07, 6.45) is 2.27. The van der Waals surface area contributed by atoms with Gasteiger partial charge in [0.25, 0.3) is 5.91 Å². The molecule has 1 atom stereocenters. The van der Waals surface area contributed by atoms with Crippen LogP contribution in [0.3, 0.4) is 0 Å². The molecule has 2 aromatic heterocycles. The van der Waals surface area contributed by atoms with E-state index < -0.39 is 17.5 Å². The van der Waals surface area contributed by atoms with Gasteiger partial charge in [0.2, 0.25) is 0 Å². The molecule has 0 radical (unpaired) electrons. The Labute approximate surface area is 163 Å². The highest BCUT2D eigenvalue weighted by molar-refractivity contribution is 6.11. The van der Waals surface area contributed by atoms with Crippen LogP contribution in [0.15, 0.2) is 28.9 Å². The van der Waals surface area contributed by atoms with Gasteiger partial charge in [-0.15, -0.1) is 0 Å². The van der Waals surface area contributed by atoms with Crippen LogP contribution >= 0.6 is 0 Å².